The summed E-state index contributed by atoms with van der Waals surface area (Å²) < 4.78 is 36.9. The molecule has 0 aliphatic heterocycles. The number of rotatable bonds is 9. The van der Waals surface area contributed by atoms with E-state index in [0.717, 1.165) is 166 Å². The van der Waals surface area contributed by atoms with Gasteiger partial charge in [-0.2, -0.15) is 0 Å². The molecule has 3 N–H and O–H groups in total. The van der Waals surface area contributed by atoms with Gasteiger partial charge in [0.1, 0.15) is 50.8 Å². The van der Waals surface area contributed by atoms with E-state index in [2.05, 4.69) is 116 Å². The maximum absolute atomic E-state index is 10.0. The molecule has 18 heteroatoms. The number of benzene rings is 9. The number of carbonyl (C=O) groups excluding carboxylic acids is 3. The van der Waals surface area contributed by atoms with E-state index in [9.17, 15) is 14.4 Å². The van der Waals surface area contributed by atoms with Crippen LogP contribution in [0, 0.1) is 39.0 Å². The zero-order valence-corrected chi connectivity index (χ0v) is 68.8. The van der Waals surface area contributed by atoms with Crippen LogP contribution < -0.4 is 0 Å². The fourth-order valence-corrected chi connectivity index (χ4v) is 12.7. The molecule has 561 valence electrons. The number of aryl methyl sites for hydroxylation is 3. The first-order chi connectivity index (χ1) is 52.2. The Bertz CT molecular complexity index is 6390. The summed E-state index contributed by atoms with van der Waals surface area (Å²) >= 11 is 0. The molecule has 0 atom stereocenters. The molecule has 9 aromatic carbocycles. The van der Waals surface area contributed by atoms with Crippen molar-refractivity contribution in [3.63, 3.8) is 0 Å². The fraction of sp³-hybridized carbons (Fsp3) is 0.0968. The molecule has 0 saturated heterocycles. The number of aliphatic hydroxyl groups is 3. The molecule has 3 radical (unpaired) electrons. The summed E-state index contributed by atoms with van der Waals surface area (Å²) in [6.07, 6.45) is 9.05. The van der Waals surface area contributed by atoms with Crippen molar-refractivity contribution in [2.75, 3.05) is 0 Å². The Balaban J connectivity index is 0.000000155. The van der Waals surface area contributed by atoms with Gasteiger partial charge in [0.15, 0.2) is 17.3 Å². The topological polar surface area (TPSA) is 229 Å². The van der Waals surface area contributed by atoms with Crippen LogP contribution in [0.1, 0.15) is 58.2 Å². The number of hydrogen-bond acceptors (Lipinski definition) is 15. The summed E-state index contributed by atoms with van der Waals surface area (Å²) in [6.45, 7) is 14.8. The van der Waals surface area contributed by atoms with Crippen molar-refractivity contribution in [3.8, 4) is 67.7 Å². The van der Waals surface area contributed by atoms with Crippen LogP contribution in [-0.2, 0) is 74.7 Å². The van der Waals surface area contributed by atoms with Gasteiger partial charge in [-0.05, 0) is 145 Å². The average molecular weight is 2000 g/mol. The number of pyridine rings is 3. The number of nitrogens with zero attached hydrogens (tertiary/aromatic N) is 3. The molecule has 0 saturated carbocycles. The predicted molar refractivity (Wildman–Crippen MR) is 428 cm³/mol. The van der Waals surface area contributed by atoms with Gasteiger partial charge in [0.25, 0.3) is 0 Å². The summed E-state index contributed by atoms with van der Waals surface area (Å²) in [7, 11) is 0. The summed E-state index contributed by atoms with van der Waals surface area (Å²) in [5, 5.41) is 34.5. The molecule has 18 rings (SSSR count). The predicted octanol–water partition coefficient (Wildman–Crippen LogP) is 24.6. The first-order valence-corrected chi connectivity index (χ1v) is 34.7. The number of allylic oxidation sites excluding steroid dienone is 6. The van der Waals surface area contributed by atoms with E-state index in [1.165, 1.54) is 76.5 Å². The standard InChI is InChI=1S/C27H18NO2.C26H16NO2.C25H14NO2.3C5H8O2.3Ir/c1-16-7-5-8-17(2)26(16)25-13-18-15-28-22(14-24(18)29-25)21-11-6-10-20-19-9-3-4-12-23(19)30-27(20)21;1-16-9-11-17(12-10-16)24-13-18-15-27-22(14-25(18)28-24)21-7-4-6-20-19-5-2-3-8-23(19)29-26(20)21;1-2-7-16(8-3-1)23-13-17-15-26-21(14-24(17)27-23)20-11-6-10-19-18-9-4-5-12-22(18)28-25(19)20;3*1-4(6)3-5(2)7;;;/h3-10,12-15H,1-2H3;2-6,8-15H,1H3;1-10,12-15H;3*3,6H,1-2H3;;;/q3*-1;;;;;;. The second-order valence-corrected chi connectivity index (χ2v) is 25.9. The number of para-hydroxylation sites is 3. The number of aromatic nitrogens is 3. The normalized spacial score (nSPS) is 11.3. The molecule has 0 bridgehead atoms. The van der Waals surface area contributed by atoms with Gasteiger partial charge in [0.05, 0.1) is 34.0 Å². The Morgan fingerprint density at radius 2 is 0.649 bits per heavy atom. The Labute approximate surface area is 679 Å². The van der Waals surface area contributed by atoms with Gasteiger partial charge in [-0.1, -0.05) is 166 Å². The molecule has 0 spiro atoms. The molecule has 9 aromatic heterocycles. The molecule has 0 unspecified atom stereocenters. The minimum atomic E-state index is -0.125. The minimum Gasteiger partial charge on any atom is -0.512 e. The van der Waals surface area contributed by atoms with E-state index in [0.29, 0.717) is 0 Å². The number of furan rings is 6. The van der Waals surface area contributed by atoms with Crippen LogP contribution >= 0.6 is 0 Å². The summed E-state index contributed by atoms with van der Waals surface area (Å²) in [6, 6.07) is 82.6. The zero-order chi connectivity index (χ0) is 75.7. The third-order valence-corrected chi connectivity index (χ3v) is 17.3. The third-order valence-electron chi connectivity index (χ3n) is 17.3. The molecule has 15 nitrogen and oxygen atoms in total. The first kappa shape index (κ1) is 81.5. The van der Waals surface area contributed by atoms with Crippen LogP contribution in [0.3, 0.4) is 0 Å². The first-order valence-electron chi connectivity index (χ1n) is 34.7. The molecular weight excluding hydrogens is 1930 g/mol. The van der Waals surface area contributed by atoms with E-state index in [1.807, 2.05) is 170 Å². The van der Waals surface area contributed by atoms with Crippen LogP contribution in [0.15, 0.2) is 299 Å². The van der Waals surface area contributed by atoms with E-state index in [-0.39, 0.29) is 94.9 Å². The monoisotopic (exact) mass is 2000 g/mol. The Morgan fingerprint density at radius 3 is 0.982 bits per heavy atom. The second-order valence-electron chi connectivity index (χ2n) is 25.9. The number of ketones is 3. The van der Waals surface area contributed by atoms with Gasteiger partial charge in [0, 0.05) is 146 Å². The number of carbonyl (C=O) groups is 3. The Kier molecular flexibility index (Phi) is 26.8. The van der Waals surface area contributed by atoms with Crippen molar-refractivity contribution in [1.29, 1.82) is 0 Å². The van der Waals surface area contributed by atoms with E-state index >= 15 is 0 Å². The summed E-state index contributed by atoms with van der Waals surface area (Å²) in [5.41, 5.74) is 19.1. The van der Waals surface area contributed by atoms with Crippen LogP contribution in [-0.4, -0.2) is 47.6 Å². The molecular formula is C93H72Ir3N3O12-3. The van der Waals surface area contributed by atoms with Crippen molar-refractivity contribution in [2.45, 2.75) is 62.3 Å². The molecule has 0 aliphatic rings. The minimum absolute atomic E-state index is 0. The van der Waals surface area contributed by atoms with E-state index in [1.54, 1.807) is 0 Å². The summed E-state index contributed by atoms with van der Waals surface area (Å²) in [4.78, 5) is 44.1. The van der Waals surface area contributed by atoms with Crippen molar-refractivity contribution in [2.24, 2.45) is 0 Å². The van der Waals surface area contributed by atoms with Crippen molar-refractivity contribution >= 4 is 116 Å². The van der Waals surface area contributed by atoms with Crippen molar-refractivity contribution in [1.82, 2.24) is 15.0 Å². The zero-order valence-electron chi connectivity index (χ0n) is 61.6. The number of hydrogen-bond donors (Lipinski definition) is 3. The maximum Gasteiger partial charge on any atom is 0.155 e. The second kappa shape index (κ2) is 36.5. The Morgan fingerprint density at radius 1 is 0.333 bits per heavy atom. The van der Waals surface area contributed by atoms with Crippen LogP contribution in [0.5, 0.6) is 0 Å². The van der Waals surface area contributed by atoms with Gasteiger partial charge in [-0.15, -0.1) is 54.6 Å². The van der Waals surface area contributed by atoms with Gasteiger partial charge in [-0.3, -0.25) is 14.4 Å². The van der Waals surface area contributed by atoms with E-state index < -0.39 is 0 Å². The van der Waals surface area contributed by atoms with Crippen molar-refractivity contribution in [3.05, 3.63) is 307 Å². The molecule has 18 aromatic rings. The van der Waals surface area contributed by atoms with Gasteiger partial charge < -0.3 is 56.8 Å². The largest absolute Gasteiger partial charge is 0.512 e. The Hall–Kier alpha value is -12.0. The molecule has 111 heavy (non-hydrogen) atoms. The molecule has 0 fully saturated rings. The van der Waals surface area contributed by atoms with Gasteiger partial charge in [-0.25, -0.2) is 0 Å². The van der Waals surface area contributed by atoms with Crippen LogP contribution in [0.25, 0.3) is 166 Å². The van der Waals surface area contributed by atoms with Crippen molar-refractivity contribution < 1.29 is 117 Å². The SMILES string of the molecule is CC(=O)C=C(C)O.CC(=O)C=C(C)O.CC(=O)C=C(C)O.Cc1ccc(-c2cc3cnc(-c4[c-]ccc5c4oc4ccccc45)cc3o2)cc1.Cc1cccc(C)c1-c1cc2cnc(-c3[c-]ccc4c3oc3ccccc34)cc2o1.[Ir].[Ir].[Ir].[c-]1ccc2c(oc3ccccc32)c1-c1cc2oc(-c3ccccc3)cc2cn1. The maximum atomic E-state index is 10.0. The molecule has 0 amide bonds. The van der Waals surface area contributed by atoms with E-state index in [4.69, 9.17) is 46.8 Å². The number of fused-ring (bicyclic) bond motifs is 12. The van der Waals surface area contributed by atoms with Gasteiger partial charge in [0.2, 0.25) is 0 Å². The third kappa shape index (κ3) is 19.0. The number of aliphatic hydroxyl groups excluding tert-OH is 3. The summed E-state index contributed by atoms with van der Waals surface area (Å²) in [5.74, 6) is 2.35. The average Bonchev–Trinajstić information content (AvgIpc) is 1.63. The van der Waals surface area contributed by atoms with Gasteiger partial charge >= 0.3 is 0 Å². The quantitative estimate of drug-likeness (QED) is 0.0693. The fourth-order valence-electron chi connectivity index (χ4n) is 12.7. The molecule has 9 heterocycles. The van der Waals surface area contributed by atoms with Crippen LogP contribution in [0.2, 0.25) is 0 Å². The molecule has 0 aliphatic carbocycles. The van der Waals surface area contributed by atoms with Crippen LogP contribution in [0.4, 0.5) is 0 Å². The smallest absolute Gasteiger partial charge is 0.155 e.